The molecule has 1 atom stereocenters. The molecular formula is C13H18N2O2. The Morgan fingerprint density at radius 1 is 1.53 bits per heavy atom. The number of esters is 1. The standard InChI is InChI=1S/C13H18N2O2/c1-10-9-14-6-7-15(10)12-5-3-4-11(8-12)13(16)17-2/h3-5,8,10,14H,6-7,9H2,1-2H3. The van der Waals surface area contributed by atoms with Gasteiger partial charge in [-0.2, -0.15) is 0 Å². The maximum atomic E-state index is 11.5. The molecule has 1 aromatic carbocycles. The highest BCUT2D eigenvalue weighted by Crippen LogP contribution is 2.20. The van der Waals surface area contributed by atoms with Crippen molar-refractivity contribution >= 4 is 11.7 Å². The van der Waals surface area contributed by atoms with Gasteiger partial charge in [0.25, 0.3) is 0 Å². The zero-order valence-corrected chi connectivity index (χ0v) is 10.3. The van der Waals surface area contributed by atoms with Gasteiger partial charge in [0, 0.05) is 31.4 Å². The number of carbonyl (C=O) groups is 1. The lowest BCUT2D eigenvalue weighted by Gasteiger charge is -2.36. The van der Waals surface area contributed by atoms with E-state index in [4.69, 9.17) is 4.74 Å². The van der Waals surface area contributed by atoms with Crippen LogP contribution >= 0.6 is 0 Å². The summed E-state index contributed by atoms with van der Waals surface area (Å²) in [5.74, 6) is -0.283. The minimum absolute atomic E-state index is 0.283. The molecule has 92 valence electrons. The van der Waals surface area contributed by atoms with E-state index in [9.17, 15) is 4.79 Å². The summed E-state index contributed by atoms with van der Waals surface area (Å²) < 4.78 is 4.74. The lowest BCUT2D eigenvalue weighted by Crippen LogP contribution is -2.49. The van der Waals surface area contributed by atoms with Crippen LogP contribution in [0, 0.1) is 0 Å². The number of anilines is 1. The topological polar surface area (TPSA) is 41.6 Å². The first kappa shape index (κ1) is 11.9. The molecule has 0 aliphatic carbocycles. The van der Waals surface area contributed by atoms with Crippen molar-refractivity contribution in [2.75, 3.05) is 31.6 Å². The molecule has 0 amide bonds. The molecule has 1 unspecified atom stereocenters. The summed E-state index contributed by atoms with van der Waals surface area (Å²) >= 11 is 0. The third kappa shape index (κ3) is 2.58. The van der Waals surface area contributed by atoms with E-state index < -0.39 is 0 Å². The monoisotopic (exact) mass is 234 g/mol. The predicted octanol–water partition coefficient (Wildman–Crippen LogP) is 1.27. The van der Waals surface area contributed by atoms with Gasteiger partial charge >= 0.3 is 5.97 Å². The molecule has 1 aliphatic rings. The quantitative estimate of drug-likeness (QED) is 0.782. The Balaban J connectivity index is 2.23. The van der Waals surface area contributed by atoms with E-state index >= 15 is 0 Å². The van der Waals surface area contributed by atoms with Crippen molar-refractivity contribution in [3.8, 4) is 0 Å². The second-order valence-corrected chi connectivity index (χ2v) is 4.29. The van der Waals surface area contributed by atoms with Crippen molar-refractivity contribution in [2.45, 2.75) is 13.0 Å². The van der Waals surface area contributed by atoms with Gasteiger partial charge < -0.3 is 15.0 Å². The number of methoxy groups -OCH3 is 1. The molecule has 1 heterocycles. The molecule has 1 saturated heterocycles. The van der Waals surface area contributed by atoms with E-state index in [1.165, 1.54) is 7.11 Å². The number of carbonyl (C=O) groups excluding carboxylic acids is 1. The Labute approximate surface area is 102 Å². The molecule has 2 rings (SSSR count). The minimum atomic E-state index is -0.283. The smallest absolute Gasteiger partial charge is 0.337 e. The molecule has 1 N–H and O–H groups in total. The van der Waals surface area contributed by atoms with Gasteiger partial charge in [0.2, 0.25) is 0 Å². The average Bonchev–Trinajstić information content (AvgIpc) is 2.38. The highest BCUT2D eigenvalue weighted by molar-refractivity contribution is 5.90. The van der Waals surface area contributed by atoms with Crippen molar-refractivity contribution in [3.63, 3.8) is 0 Å². The number of piperazine rings is 1. The summed E-state index contributed by atoms with van der Waals surface area (Å²) in [5, 5.41) is 3.35. The van der Waals surface area contributed by atoms with Crippen LogP contribution in [0.25, 0.3) is 0 Å². The van der Waals surface area contributed by atoms with Gasteiger partial charge in [-0.1, -0.05) is 6.07 Å². The van der Waals surface area contributed by atoms with Crippen molar-refractivity contribution in [1.82, 2.24) is 5.32 Å². The van der Waals surface area contributed by atoms with Crippen LogP contribution in [-0.2, 0) is 4.74 Å². The van der Waals surface area contributed by atoms with E-state index in [0.29, 0.717) is 11.6 Å². The molecule has 1 aromatic rings. The molecule has 0 radical (unpaired) electrons. The first-order valence-electron chi connectivity index (χ1n) is 5.88. The average molecular weight is 234 g/mol. The Bertz CT molecular complexity index is 406. The number of hydrogen-bond donors (Lipinski definition) is 1. The van der Waals surface area contributed by atoms with Crippen LogP contribution in [0.2, 0.25) is 0 Å². The van der Waals surface area contributed by atoms with Gasteiger partial charge in [-0.05, 0) is 25.1 Å². The van der Waals surface area contributed by atoms with E-state index in [1.807, 2.05) is 18.2 Å². The molecule has 4 nitrogen and oxygen atoms in total. The van der Waals surface area contributed by atoms with Crippen LogP contribution in [0.15, 0.2) is 24.3 Å². The second-order valence-electron chi connectivity index (χ2n) is 4.29. The molecule has 0 saturated carbocycles. The largest absolute Gasteiger partial charge is 0.465 e. The summed E-state index contributed by atoms with van der Waals surface area (Å²) in [6.45, 7) is 5.10. The van der Waals surface area contributed by atoms with Crippen LogP contribution in [0.5, 0.6) is 0 Å². The van der Waals surface area contributed by atoms with E-state index in [0.717, 1.165) is 25.3 Å². The van der Waals surface area contributed by atoms with Gasteiger partial charge in [-0.3, -0.25) is 0 Å². The Hall–Kier alpha value is -1.55. The van der Waals surface area contributed by atoms with Crippen LogP contribution in [0.4, 0.5) is 5.69 Å². The Kier molecular flexibility index (Phi) is 3.64. The second kappa shape index (κ2) is 5.19. The number of rotatable bonds is 2. The van der Waals surface area contributed by atoms with Crippen LogP contribution < -0.4 is 10.2 Å². The van der Waals surface area contributed by atoms with Gasteiger partial charge in [0.1, 0.15) is 0 Å². The third-order valence-corrected chi connectivity index (χ3v) is 3.10. The molecule has 1 aliphatic heterocycles. The maximum Gasteiger partial charge on any atom is 0.337 e. The zero-order chi connectivity index (χ0) is 12.3. The molecule has 17 heavy (non-hydrogen) atoms. The van der Waals surface area contributed by atoms with Crippen molar-refractivity contribution in [3.05, 3.63) is 29.8 Å². The minimum Gasteiger partial charge on any atom is -0.465 e. The summed E-state index contributed by atoms with van der Waals surface area (Å²) in [6.07, 6.45) is 0. The summed E-state index contributed by atoms with van der Waals surface area (Å²) in [7, 11) is 1.41. The maximum absolute atomic E-state index is 11.5. The van der Waals surface area contributed by atoms with Gasteiger partial charge in [0.05, 0.1) is 12.7 Å². The highest BCUT2D eigenvalue weighted by atomic mass is 16.5. The molecule has 0 spiro atoms. The molecule has 0 bridgehead atoms. The normalized spacial score (nSPS) is 20.1. The number of nitrogens with zero attached hydrogens (tertiary/aromatic N) is 1. The van der Waals surface area contributed by atoms with E-state index in [2.05, 4.69) is 17.1 Å². The SMILES string of the molecule is COC(=O)c1cccc(N2CCNCC2C)c1. The lowest BCUT2D eigenvalue weighted by atomic mass is 10.1. The summed E-state index contributed by atoms with van der Waals surface area (Å²) in [5.41, 5.74) is 1.69. The fourth-order valence-corrected chi connectivity index (χ4v) is 2.15. The Morgan fingerprint density at radius 2 is 2.35 bits per heavy atom. The number of benzene rings is 1. The zero-order valence-electron chi connectivity index (χ0n) is 10.3. The molecular weight excluding hydrogens is 216 g/mol. The van der Waals surface area contributed by atoms with Crippen molar-refractivity contribution in [2.24, 2.45) is 0 Å². The van der Waals surface area contributed by atoms with Crippen molar-refractivity contribution in [1.29, 1.82) is 0 Å². The Morgan fingerprint density at radius 3 is 3.06 bits per heavy atom. The number of hydrogen-bond acceptors (Lipinski definition) is 4. The van der Waals surface area contributed by atoms with Crippen LogP contribution in [0.3, 0.4) is 0 Å². The first-order valence-corrected chi connectivity index (χ1v) is 5.88. The van der Waals surface area contributed by atoms with Crippen LogP contribution in [0.1, 0.15) is 17.3 Å². The van der Waals surface area contributed by atoms with E-state index in [1.54, 1.807) is 6.07 Å². The van der Waals surface area contributed by atoms with Gasteiger partial charge in [-0.15, -0.1) is 0 Å². The molecule has 1 fully saturated rings. The number of nitrogens with one attached hydrogen (secondary N) is 1. The molecule has 4 heteroatoms. The lowest BCUT2D eigenvalue weighted by molar-refractivity contribution is 0.0601. The van der Waals surface area contributed by atoms with Crippen molar-refractivity contribution < 1.29 is 9.53 Å². The summed E-state index contributed by atoms with van der Waals surface area (Å²) in [6, 6.07) is 8.05. The van der Waals surface area contributed by atoms with Gasteiger partial charge in [0.15, 0.2) is 0 Å². The van der Waals surface area contributed by atoms with Crippen LogP contribution in [-0.4, -0.2) is 38.8 Å². The first-order chi connectivity index (χ1) is 8.22. The van der Waals surface area contributed by atoms with Gasteiger partial charge in [-0.25, -0.2) is 4.79 Å². The fraction of sp³-hybridized carbons (Fsp3) is 0.462. The van der Waals surface area contributed by atoms with E-state index in [-0.39, 0.29) is 5.97 Å². The predicted molar refractivity (Wildman–Crippen MR) is 67.5 cm³/mol. The third-order valence-electron chi connectivity index (χ3n) is 3.10. The number of ether oxygens (including phenoxy) is 1. The highest BCUT2D eigenvalue weighted by Gasteiger charge is 2.19. The summed E-state index contributed by atoms with van der Waals surface area (Å²) in [4.78, 5) is 13.8. The fourth-order valence-electron chi connectivity index (χ4n) is 2.15. The molecule has 0 aromatic heterocycles.